The van der Waals surface area contributed by atoms with E-state index < -0.39 is 0 Å². The van der Waals surface area contributed by atoms with Gasteiger partial charge in [0.25, 0.3) is 0 Å². The van der Waals surface area contributed by atoms with Gasteiger partial charge in [0.15, 0.2) is 0 Å². The monoisotopic (exact) mass is 270 g/mol. The first-order chi connectivity index (χ1) is 6.99. The van der Waals surface area contributed by atoms with Crippen molar-refractivity contribution in [1.82, 2.24) is 0 Å². The van der Waals surface area contributed by atoms with Gasteiger partial charge in [-0.05, 0) is 31.0 Å². The van der Waals surface area contributed by atoms with Crippen LogP contribution in [0, 0.1) is 0 Å². The third-order valence-corrected chi connectivity index (χ3v) is 2.42. The van der Waals surface area contributed by atoms with E-state index in [1.54, 1.807) is 0 Å². The molecule has 0 spiro atoms. The molecule has 3 N–H and O–H groups in total. The summed E-state index contributed by atoms with van der Waals surface area (Å²) in [5, 5.41) is 2.80. The number of rotatable bonds is 3. The molecule has 1 aromatic carbocycles. The van der Waals surface area contributed by atoms with Crippen LogP contribution in [0.15, 0.2) is 22.7 Å². The van der Waals surface area contributed by atoms with Crippen LogP contribution < -0.4 is 11.1 Å². The maximum Gasteiger partial charge on any atom is 0.221 e. The van der Waals surface area contributed by atoms with Crippen molar-refractivity contribution in [1.29, 1.82) is 0 Å². The van der Waals surface area contributed by atoms with Gasteiger partial charge in [-0.2, -0.15) is 0 Å². The van der Waals surface area contributed by atoms with Gasteiger partial charge in [0, 0.05) is 23.1 Å². The second-order valence-electron chi connectivity index (χ2n) is 3.66. The first kappa shape index (κ1) is 12.2. The molecule has 1 atom stereocenters. The number of carbonyl (C=O) groups excluding carboxylic acids is 1. The van der Waals surface area contributed by atoms with Crippen LogP contribution in [0.1, 0.15) is 19.4 Å². The Morgan fingerprint density at radius 1 is 1.60 bits per heavy atom. The summed E-state index contributed by atoms with van der Waals surface area (Å²) >= 11 is 3.37. The Kier molecular flexibility index (Phi) is 4.29. The molecule has 0 saturated carbocycles. The van der Waals surface area contributed by atoms with Gasteiger partial charge in [-0.3, -0.25) is 4.79 Å². The Bertz CT molecular complexity index is 364. The van der Waals surface area contributed by atoms with Crippen molar-refractivity contribution in [2.24, 2.45) is 5.73 Å². The molecule has 15 heavy (non-hydrogen) atoms. The quantitative estimate of drug-likeness (QED) is 0.886. The lowest BCUT2D eigenvalue weighted by atomic mass is 10.1. The van der Waals surface area contributed by atoms with Gasteiger partial charge in [0.1, 0.15) is 0 Å². The van der Waals surface area contributed by atoms with E-state index >= 15 is 0 Å². The number of hydrogen-bond acceptors (Lipinski definition) is 2. The molecule has 1 unspecified atom stereocenters. The van der Waals surface area contributed by atoms with Crippen molar-refractivity contribution < 1.29 is 4.79 Å². The maximum absolute atomic E-state index is 11.0. The molecule has 0 aliphatic rings. The number of anilines is 1. The molecule has 0 fully saturated rings. The average molecular weight is 271 g/mol. The molecule has 1 amide bonds. The third kappa shape index (κ3) is 4.01. The van der Waals surface area contributed by atoms with Crippen molar-refractivity contribution in [3.63, 3.8) is 0 Å². The van der Waals surface area contributed by atoms with Gasteiger partial charge < -0.3 is 11.1 Å². The SMILES string of the molecule is CC(=O)Nc1cc(Br)ccc1CC(C)N. The fraction of sp³-hybridized carbons (Fsp3) is 0.364. The first-order valence-electron chi connectivity index (χ1n) is 4.80. The van der Waals surface area contributed by atoms with Gasteiger partial charge in [0.2, 0.25) is 5.91 Å². The van der Waals surface area contributed by atoms with E-state index in [2.05, 4.69) is 21.2 Å². The lowest BCUT2D eigenvalue weighted by Gasteiger charge is -2.12. The van der Waals surface area contributed by atoms with Crippen molar-refractivity contribution in [3.8, 4) is 0 Å². The van der Waals surface area contributed by atoms with Crippen LogP contribution in [-0.4, -0.2) is 11.9 Å². The van der Waals surface area contributed by atoms with Gasteiger partial charge >= 0.3 is 0 Å². The molecule has 1 aromatic rings. The van der Waals surface area contributed by atoms with Gasteiger partial charge in [-0.15, -0.1) is 0 Å². The van der Waals surface area contributed by atoms with E-state index in [0.29, 0.717) is 0 Å². The predicted molar refractivity (Wildman–Crippen MR) is 65.8 cm³/mol. The molecule has 0 aliphatic heterocycles. The number of halogens is 1. The molecular formula is C11H15BrN2O. The van der Waals surface area contributed by atoms with E-state index in [4.69, 9.17) is 5.73 Å². The summed E-state index contributed by atoms with van der Waals surface area (Å²) < 4.78 is 0.944. The molecule has 3 nitrogen and oxygen atoms in total. The Balaban J connectivity index is 2.97. The lowest BCUT2D eigenvalue weighted by Crippen LogP contribution is -2.19. The summed E-state index contributed by atoms with van der Waals surface area (Å²) in [7, 11) is 0. The summed E-state index contributed by atoms with van der Waals surface area (Å²) in [6, 6.07) is 5.89. The molecular weight excluding hydrogens is 256 g/mol. The summed E-state index contributed by atoms with van der Waals surface area (Å²) in [5.74, 6) is -0.0703. The molecule has 0 radical (unpaired) electrons. The van der Waals surface area contributed by atoms with E-state index in [1.165, 1.54) is 6.92 Å². The topological polar surface area (TPSA) is 55.1 Å². The summed E-state index contributed by atoms with van der Waals surface area (Å²) in [5.41, 5.74) is 7.62. The van der Waals surface area contributed by atoms with E-state index in [1.807, 2.05) is 25.1 Å². The van der Waals surface area contributed by atoms with Crippen LogP contribution in [0.5, 0.6) is 0 Å². The minimum Gasteiger partial charge on any atom is -0.328 e. The zero-order valence-corrected chi connectivity index (χ0v) is 10.5. The second-order valence-corrected chi connectivity index (χ2v) is 4.58. The van der Waals surface area contributed by atoms with Gasteiger partial charge in [-0.25, -0.2) is 0 Å². The third-order valence-electron chi connectivity index (χ3n) is 1.92. The van der Waals surface area contributed by atoms with Crippen LogP contribution in [-0.2, 0) is 11.2 Å². The molecule has 0 bridgehead atoms. The Labute approximate surface area is 98.2 Å². The van der Waals surface area contributed by atoms with Gasteiger partial charge in [-0.1, -0.05) is 22.0 Å². The molecule has 4 heteroatoms. The van der Waals surface area contributed by atoms with E-state index in [0.717, 1.165) is 22.1 Å². The largest absolute Gasteiger partial charge is 0.328 e. The van der Waals surface area contributed by atoms with Crippen LogP contribution in [0.4, 0.5) is 5.69 Å². The summed E-state index contributed by atoms with van der Waals surface area (Å²) in [6.07, 6.45) is 0.753. The van der Waals surface area contributed by atoms with E-state index in [-0.39, 0.29) is 11.9 Å². The minimum atomic E-state index is -0.0703. The van der Waals surface area contributed by atoms with Crippen LogP contribution in [0.25, 0.3) is 0 Å². The van der Waals surface area contributed by atoms with Crippen molar-refractivity contribution in [2.75, 3.05) is 5.32 Å². The number of benzene rings is 1. The highest BCUT2D eigenvalue weighted by Crippen LogP contribution is 2.22. The zero-order valence-electron chi connectivity index (χ0n) is 8.88. The smallest absolute Gasteiger partial charge is 0.221 e. The molecule has 0 heterocycles. The molecule has 82 valence electrons. The highest BCUT2D eigenvalue weighted by atomic mass is 79.9. The highest BCUT2D eigenvalue weighted by Gasteiger charge is 2.06. The summed E-state index contributed by atoms with van der Waals surface area (Å²) in [4.78, 5) is 11.0. The molecule has 0 aliphatic carbocycles. The first-order valence-corrected chi connectivity index (χ1v) is 5.60. The molecule has 0 saturated heterocycles. The lowest BCUT2D eigenvalue weighted by molar-refractivity contribution is -0.114. The molecule has 0 aromatic heterocycles. The van der Waals surface area contributed by atoms with Crippen LogP contribution in [0.2, 0.25) is 0 Å². The fourth-order valence-electron chi connectivity index (χ4n) is 1.38. The number of amides is 1. The minimum absolute atomic E-state index is 0.0703. The number of nitrogens with two attached hydrogens (primary N) is 1. The standard InChI is InChI=1S/C11H15BrN2O/c1-7(13)5-9-3-4-10(12)6-11(9)14-8(2)15/h3-4,6-7H,5,13H2,1-2H3,(H,14,15). The van der Waals surface area contributed by atoms with Crippen LogP contribution >= 0.6 is 15.9 Å². The Hall–Kier alpha value is -0.870. The number of nitrogens with one attached hydrogen (secondary N) is 1. The Morgan fingerprint density at radius 2 is 2.27 bits per heavy atom. The van der Waals surface area contributed by atoms with Crippen molar-refractivity contribution in [3.05, 3.63) is 28.2 Å². The fourth-order valence-corrected chi connectivity index (χ4v) is 1.74. The predicted octanol–water partition coefficient (Wildman–Crippen LogP) is 2.30. The van der Waals surface area contributed by atoms with Crippen LogP contribution in [0.3, 0.4) is 0 Å². The normalized spacial score (nSPS) is 12.3. The second kappa shape index (κ2) is 5.28. The summed E-state index contributed by atoms with van der Waals surface area (Å²) in [6.45, 7) is 3.44. The van der Waals surface area contributed by atoms with Crippen molar-refractivity contribution >= 4 is 27.5 Å². The number of carbonyl (C=O) groups is 1. The Morgan fingerprint density at radius 3 is 2.80 bits per heavy atom. The zero-order chi connectivity index (χ0) is 11.4. The number of hydrogen-bond donors (Lipinski definition) is 2. The van der Waals surface area contributed by atoms with Gasteiger partial charge in [0.05, 0.1) is 0 Å². The highest BCUT2D eigenvalue weighted by molar-refractivity contribution is 9.10. The van der Waals surface area contributed by atoms with E-state index in [9.17, 15) is 4.79 Å². The average Bonchev–Trinajstić information content (AvgIpc) is 2.08. The maximum atomic E-state index is 11.0. The van der Waals surface area contributed by atoms with Crippen molar-refractivity contribution in [2.45, 2.75) is 26.3 Å². The molecule has 1 rings (SSSR count).